The van der Waals surface area contributed by atoms with E-state index in [-0.39, 0.29) is 18.1 Å². The minimum Gasteiger partial charge on any atom is -0.352 e. The first-order chi connectivity index (χ1) is 10.0. The topological polar surface area (TPSA) is 45.2 Å². The number of amides is 1. The van der Waals surface area contributed by atoms with Crippen molar-refractivity contribution in [2.24, 2.45) is 0 Å². The monoisotopic (exact) mass is 307 g/mol. The van der Waals surface area contributed by atoms with Crippen LogP contribution in [0, 0.1) is 5.82 Å². The Kier molecular flexibility index (Phi) is 5.41. The number of hydrogen-bond acceptors (Lipinski definition) is 4. The maximum Gasteiger partial charge on any atom is 0.226 e. The number of hydrogen-bond donors (Lipinski definition) is 1. The summed E-state index contributed by atoms with van der Waals surface area (Å²) in [5, 5.41) is 4.68. The molecule has 21 heavy (non-hydrogen) atoms. The van der Waals surface area contributed by atoms with E-state index < -0.39 is 0 Å². The van der Waals surface area contributed by atoms with Crippen molar-refractivity contribution in [1.29, 1.82) is 0 Å². The number of nitrogens with one attached hydrogen (secondary N) is 1. The van der Waals surface area contributed by atoms with Crippen molar-refractivity contribution >= 4 is 17.2 Å². The molecule has 1 heterocycles. The third-order valence-corrected chi connectivity index (χ3v) is 3.55. The zero-order valence-corrected chi connectivity index (χ0v) is 12.9. The Balaban J connectivity index is 1.92. The van der Waals surface area contributed by atoms with Crippen molar-refractivity contribution < 1.29 is 9.18 Å². The lowest BCUT2D eigenvalue weighted by atomic mass is 10.1. The molecule has 0 atom stereocenters. The van der Waals surface area contributed by atoms with Gasteiger partial charge in [-0.2, -0.15) is 0 Å². The maximum atomic E-state index is 13.7. The molecule has 4 nitrogen and oxygen atoms in total. The average molecular weight is 307 g/mol. The lowest BCUT2D eigenvalue weighted by molar-refractivity contribution is -0.120. The van der Waals surface area contributed by atoms with Crippen LogP contribution in [-0.2, 0) is 24.3 Å². The summed E-state index contributed by atoms with van der Waals surface area (Å²) in [7, 11) is 3.78. The molecule has 0 aliphatic heterocycles. The molecule has 0 fully saturated rings. The molecule has 1 amide bonds. The number of carbonyl (C=O) groups is 1. The smallest absolute Gasteiger partial charge is 0.226 e. The highest BCUT2D eigenvalue weighted by Crippen LogP contribution is 2.12. The van der Waals surface area contributed by atoms with Crippen LogP contribution in [0.5, 0.6) is 0 Å². The Bertz CT molecular complexity index is 599. The first kappa shape index (κ1) is 15.6. The second-order valence-corrected chi connectivity index (χ2v) is 5.82. The first-order valence-corrected chi connectivity index (χ1v) is 7.54. The van der Waals surface area contributed by atoms with E-state index in [0.29, 0.717) is 18.7 Å². The van der Waals surface area contributed by atoms with Crippen molar-refractivity contribution in [3.8, 4) is 0 Å². The van der Waals surface area contributed by atoms with Gasteiger partial charge in [0.25, 0.3) is 0 Å². The summed E-state index contributed by atoms with van der Waals surface area (Å²) in [4.78, 5) is 17.8. The molecule has 0 saturated carbocycles. The molecule has 2 rings (SSSR count). The van der Waals surface area contributed by atoms with E-state index in [2.05, 4.69) is 10.3 Å². The Hall–Kier alpha value is -1.79. The van der Waals surface area contributed by atoms with Crippen molar-refractivity contribution in [2.75, 3.05) is 14.1 Å². The number of benzene rings is 1. The molecule has 1 aromatic carbocycles. The first-order valence-electron chi connectivity index (χ1n) is 6.60. The van der Waals surface area contributed by atoms with Gasteiger partial charge in [-0.15, -0.1) is 11.3 Å². The Morgan fingerprint density at radius 2 is 2.24 bits per heavy atom. The Morgan fingerprint density at radius 3 is 2.90 bits per heavy atom. The van der Waals surface area contributed by atoms with Gasteiger partial charge in [0.15, 0.2) is 0 Å². The SMILES string of the molecule is CN(C)Cc1cc(CNC(=O)Cc2cscn2)ccc1F. The lowest BCUT2D eigenvalue weighted by Crippen LogP contribution is -2.24. The molecule has 0 bridgehead atoms. The fraction of sp³-hybridized carbons (Fsp3) is 0.333. The highest BCUT2D eigenvalue weighted by molar-refractivity contribution is 7.07. The van der Waals surface area contributed by atoms with E-state index in [1.165, 1.54) is 17.4 Å². The molecule has 0 aliphatic rings. The number of halogens is 1. The second-order valence-electron chi connectivity index (χ2n) is 5.10. The van der Waals surface area contributed by atoms with E-state index in [0.717, 1.165) is 11.3 Å². The summed E-state index contributed by atoms with van der Waals surface area (Å²) in [5.41, 5.74) is 3.99. The van der Waals surface area contributed by atoms with Gasteiger partial charge in [0.1, 0.15) is 5.82 Å². The van der Waals surface area contributed by atoms with Crippen molar-refractivity contribution in [3.63, 3.8) is 0 Å². The third kappa shape index (κ3) is 4.91. The van der Waals surface area contributed by atoms with Gasteiger partial charge in [-0.3, -0.25) is 4.79 Å². The molecule has 1 N–H and O–H groups in total. The minimum absolute atomic E-state index is 0.0839. The van der Waals surface area contributed by atoms with Crippen molar-refractivity contribution in [1.82, 2.24) is 15.2 Å². The quantitative estimate of drug-likeness (QED) is 0.890. The van der Waals surface area contributed by atoms with E-state index in [1.54, 1.807) is 17.6 Å². The minimum atomic E-state index is -0.221. The fourth-order valence-corrected chi connectivity index (χ4v) is 2.51. The van der Waals surface area contributed by atoms with Crippen LogP contribution in [0.25, 0.3) is 0 Å². The molecular weight excluding hydrogens is 289 g/mol. The highest BCUT2D eigenvalue weighted by Gasteiger charge is 2.07. The normalized spacial score (nSPS) is 10.9. The number of rotatable bonds is 6. The van der Waals surface area contributed by atoms with E-state index in [4.69, 9.17) is 0 Å². The molecule has 2 aromatic rings. The van der Waals surface area contributed by atoms with Crippen LogP contribution in [0.2, 0.25) is 0 Å². The molecule has 112 valence electrons. The molecule has 1 aromatic heterocycles. The summed E-state index contributed by atoms with van der Waals surface area (Å²) in [6.07, 6.45) is 0.273. The standard InChI is InChI=1S/C15H18FN3OS/c1-19(2)8-12-5-11(3-4-14(12)16)7-17-15(20)6-13-9-21-10-18-13/h3-5,9-10H,6-8H2,1-2H3,(H,17,20). The lowest BCUT2D eigenvalue weighted by Gasteiger charge is -2.12. The predicted octanol–water partition coefficient (Wildman–Crippen LogP) is 2.20. The summed E-state index contributed by atoms with van der Waals surface area (Å²) in [6.45, 7) is 0.927. The fourth-order valence-electron chi connectivity index (χ4n) is 1.95. The number of carbonyl (C=O) groups excluding carboxylic acids is 1. The van der Waals surface area contributed by atoms with E-state index >= 15 is 0 Å². The molecule has 0 unspecified atom stereocenters. The number of nitrogens with zero attached hydrogens (tertiary/aromatic N) is 2. The summed E-state index contributed by atoms with van der Waals surface area (Å²) in [6, 6.07) is 4.93. The van der Waals surface area contributed by atoms with Gasteiger partial charge in [-0.05, 0) is 31.8 Å². The maximum absolute atomic E-state index is 13.7. The Morgan fingerprint density at radius 1 is 1.43 bits per heavy atom. The predicted molar refractivity (Wildman–Crippen MR) is 81.5 cm³/mol. The molecule has 0 saturated heterocycles. The van der Waals surface area contributed by atoms with Gasteiger partial charge in [-0.25, -0.2) is 9.37 Å². The van der Waals surface area contributed by atoms with Crippen LogP contribution in [0.15, 0.2) is 29.1 Å². The third-order valence-electron chi connectivity index (χ3n) is 2.91. The van der Waals surface area contributed by atoms with E-state index in [1.807, 2.05) is 24.4 Å². The Labute approximate surface area is 127 Å². The number of aromatic nitrogens is 1. The molecule has 6 heteroatoms. The van der Waals surface area contributed by atoms with Crippen LogP contribution in [0.1, 0.15) is 16.8 Å². The summed E-state index contributed by atoms with van der Waals surface area (Å²) in [5.74, 6) is -0.305. The zero-order chi connectivity index (χ0) is 15.2. The van der Waals surface area contributed by atoms with Crippen molar-refractivity contribution in [2.45, 2.75) is 19.5 Å². The van der Waals surface area contributed by atoms with Gasteiger partial charge in [-0.1, -0.05) is 6.07 Å². The summed E-state index contributed by atoms with van der Waals surface area (Å²) >= 11 is 1.47. The van der Waals surface area contributed by atoms with Crippen LogP contribution >= 0.6 is 11.3 Å². The van der Waals surface area contributed by atoms with Gasteiger partial charge in [0, 0.05) is 24.0 Å². The van der Waals surface area contributed by atoms with Gasteiger partial charge in [0.05, 0.1) is 17.6 Å². The summed E-state index contributed by atoms with van der Waals surface area (Å²) < 4.78 is 13.7. The van der Waals surface area contributed by atoms with Gasteiger partial charge in [0.2, 0.25) is 5.91 Å². The van der Waals surface area contributed by atoms with Crippen LogP contribution in [0.3, 0.4) is 0 Å². The van der Waals surface area contributed by atoms with E-state index in [9.17, 15) is 9.18 Å². The van der Waals surface area contributed by atoms with Crippen LogP contribution in [-0.4, -0.2) is 29.9 Å². The second kappa shape index (κ2) is 7.28. The zero-order valence-electron chi connectivity index (χ0n) is 12.1. The molecule has 0 spiro atoms. The highest BCUT2D eigenvalue weighted by atomic mass is 32.1. The van der Waals surface area contributed by atoms with Crippen LogP contribution < -0.4 is 5.32 Å². The molecule has 0 radical (unpaired) electrons. The van der Waals surface area contributed by atoms with Gasteiger partial charge >= 0.3 is 0 Å². The average Bonchev–Trinajstić information content (AvgIpc) is 2.92. The van der Waals surface area contributed by atoms with Crippen LogP contribution in [0.4, 0.5) is 4.39 Å². The van der Waals surface area contributed by atoms with Crippen molar-refractivity contribution in [3.05, 3.63) is 51.7 Å². The molecule has 0 aliphatic carbocycles. The largest absolute Gasteiger partial charge is 0.352 e. The molecular formula is C15H18FN3OS. The number of thiazole rings is 1. The van der Waals surface area contributed by atoms with Gasteiger partial charge < -0.3 is 10.2 Å².